The summed E-state index contributed by atoms with van der Waals surface area (Å²) in [6, 6.07) is 2.28. The van der Waals surface area contributed by atoms with E-state index in [-0.39, 0.29) is 11.9 Å². The molecule has 0 saturated carbocycles. The van der Waals surface area contributed by atoms with Gasteiger partial charge in [-0.1, -0.05) is 0 Å². The molecule has 1 atom stereocenters. The minimum absolute atomic E-state index is 0.133. The van der Waals surface area contributed by atoms with Crippen molar-refractivity contribution in [2.45, 2.75) is 18.9 Å². The summed E-state index contributed by atoms with van der Waals surface area (Å²) in [4.78, 5) is 23.1. The van der Waals surface area contributed by atoms with Crippen LogP contribution in [0.25, 0.3) is 22.1 Å². The first-order valence-corrected chi connectivity index (χ1v) is 6.38. The van der Waals surface area contributed by atoms with Gasteiger partial charge >= 0.3 is 0 Å². The van der Waals surface area contributed by atoms with Crippen LogP contribution < -0.4 is 5.32 Å². The molecule has 0 radical (unpaired) electrons. The van der Waals surface area contributed by atoms with Crippen molar-refractivity contribution < 1.29 is 4.79 Å². The van der Waals surface area contributed by atoms with Crippen LogP contribution in [-0.4, -0.2) is 32.0 Å². The first-order valence-electron chi connectivity index (χ1n) is 6.38. The van der Waals surface area contributed by atoms with E-state index in [2.05, 4.69) is 24.8 Å². The molecule has 19 heavy (non-hydrogen) atoms. The second-order valence-corrected chi connectivity index (χ2v) is 4.88. The number of nitrogens with one attached hydrogen (secondary N) is 2. The summed E-state index contributed by atoms with van der Waals surface area (Å²) in [6.45, 7) is 0.665. The van der Waals surface area contributed by atoms with Crippen molar-refractivity contribution in [2.75, 3.05) is 6.54 Å². The molecule has 0 aliphatic carbocycles. The van der Waals surface area contributed by atoms with Gasteiger partial charge in [-0.25, -0.2) is 9.97 Å². The zero-order valence-electron chi connectivity index (χ0n) is 10.3. The van der Waals surface area contributed by atoms with Crippen molar-refractivity contribution in [2.24, 2.45) is 0 Å². The fourth-order valence-electron chi connectivity index (χ4n) is 2.77. The first kappa shape index (κ1) is 10.5. The Morgan fingerprint density at radius 2 is 2.32 bits per heavy atom. The number of aromatic amines is 1. The second-order valence-electron chi connectivity index (χ2n) is 4.88. The van der Waals surface area contributed by atoms with E-state index in [1.807, 2.05) is 18.6 Å². The SMILES string of the molecule is O=C1CC[C@H](n2cnc3cnc4[nH]ccc4c32)CN1. The van der Waals surface area contributed by atoms with Crippen LogP contribution in [0.5, 0.6) is 0 Å². The van der Waals surface area contributed by atoms with Gasteiger partial charge in [0.25, 0.3) is 0 Å². The largest absolute Gasteiger partial charge is 0.354 e. The first-order chi connectivity index (χ1) is 9.33. The Balaban J connectivity index is 1.89. The molecule has 1 saturated heterocycles. The highest BCUT2D eigenvalue weighted by molar-refractivity contribution is 6.01. The Morgan fingerprint density at radius 3 is 3.16 bits per heavy atom. The number of nitrogens with zero attached hydrogens (tertiary/aromatic N) is 3. The van der Waals surface area contributed by atoms with Crippen molar-refractivity contribution >= 4 is 28.0 Å². The highest BCUT2D eigenvalue weighted by Gasteiger charge is 2.22. The van der Waals surface area contributed by atoms with Gasteiger partial charge in [0.2, 0.25) is 5.91 Å². The van der Waals surface area contributed by atoms with Gasteiger partial charge < -0.3 is 14.9 Å². The molecule has 1 aliphatic rings. The topological polar surface area (TPSA) is 75.6 Å². The number of pyridine rings is 1. The van der Waals surface area contributed by atoms with E-state index >= 15 is 0 Å². The lowest BCUT2D eigenvalue weighted by atomic mass is 10.1. The summed E-state index contributed by atoms with van der Waals surface area (Å²) in [5, 5.41) is 3.99. The van der Waals surface area contributed by atoms with E-state index in [1.165, 1.54) is 0 Å². The van der Waals surface area contributed by atoms with Crippen LogP contribution in [0.15, 0.2) is 24.8 Å². The van der Waals surface area contributed by atoms with E-state index < -0.39 is 0 Å². The lowest BCUT2D eigenvalue weighted by Gasteiger charge is -2.24. The van der Waals surface area contributed by atoms with Crippen LogP contribution in [0.2, 0.25) is 0 Å². The molecule has 6 nitrogen and oxygen atoms in total. The van der Waals surface area contributed by atoms with Crippen molar-refractivity contribution in [3.05, 3.63) is 24.8 Å². The molecule has 4 rings (SSSR count). The summed E-state index contributed by atoms with van der Waals surface area (Å²) >= 11 is 0. The van der Waals surface area contributed by atoms with Crippen LogP contribution in [-0.2, 0) is 4.79 Å². The quantitative estimate of drug-likeness (QED) is 0.689. The number of imidazole rings is 1. The lowest BCUT2D eigenvalue weighted by molar-refractivity contribution is -0.122. The Labute approximate surface area is 108 Å². The van der Waals surface area contributed by atoms with E-state index in [9.17, 15) is 4.79 Å². The standard InChI is InChI=1S/C13H13N5O/c19-11-2-1-8(5-15-11)18-7-17-10-6-16-13-9(12(10)18)3-4-14-13/h3-4,6-8H,1-2,5H2,(H,14,16)(H,15,19)/t8-/m0/s1. The average Bonchev–Trinajstić information content (AvgIpc) is 3.04. The molecule has 2 N–H and O–H groups in total. The summed E-state index contributed by atoms with van der Waals surface area (Å²) in [5.74, 6) is 0.133. The summed E-state index contributed by atoms with van der Waals surface area (Å²) in [7, 11) is 0. The Hall–Kier alpha value is -2.37. The van der Waals surface area contributed by atoms with E-state index in [0.29, 0.717) is 13.0 Å². The van der Waals surface area contributed by atoms with Crippen LogP contribution >= 0.6 is 0 Å². The number of rotatable bonds is 1. The lowest BCUT2D eigenvalue weighted by Crippen LogP contribution is -2.35. The molecule has 3 aromatic rings. The number of piperidine rings is 1. The third kappa shape index (κ3) is 1.53. The molecule has 0 bridgehead atoms. The maximum atomic E-state index is 11.3. The maximum Gasteiger partial charge on any atom is 0.220 e. The normalized spacial score (nSPS) is 20.0. The summed E-state index contributed by atoms with van der Waals surface area (Å²) in [5.41, 5.74) is 2.85. The molecule has 6 heteroatoms. The molecule has 0 spiro atoms. The van der Waals surface area contributed by atoms with Gasteiger partial charge in [-0.05, 0) is 12.5 Å². The third-order valence-corrected chi connectivity index (χ3v) is 3.75. The minimum atomic E-state index is 0.133. The Morgan fingerprint density at radius 1 is 1.37 bits per heavy atom. The molecular formula is C13H13N5O. The fourth-order valence-corrected chi connectivity index (χ4v) is 2.77. The molecule has 0 aromatic carbocycles. The number of hydrogen-bond acceptors (Lipinski definition) is 3. The molecule has 3 aromatic heterocycles. The molecule has 1 aliphatic heterocycles. The molecule has 0 unspecified atom stereocenters. The highest BCUT2D eigenvalue weighted by atomic mass is 16.1. The fraction of sp³-hybridized carbons (Fsp3) is 0.308. The summed E-state index contributed by atoms with van der Waals surface area (Å²) < 4.78 is 2.16. The number of carbonyl (C=O) groups excluding carboxylic acids is 1. The zero-order chi connectivity index (χ0) is 12.8. The highest BCUT2D eigenvalue weighted by Crippen LogP contribution is 2.27. The van der Waals surface area contributed by atoms with Crippen LogP contribution in [0, 0.1) is 0 Å². The second kappa shape index (κ2) is 3.81. The van der Waals surface area contributed by atoms with Crippen LogP contribution in [0.1, 0.15) is 18.9 Å². The zero-order valence-corrected chi connectivity index (χ0v) is 10.3. The number of fused-ring (bicyclic) bond motifs is 3. The van der Waals surface area contributed by atoms with Crippen LogP contribution in [0.4, 0.5) is 0 Å². The number of hydrogen-bond donors (Lipinski definition) is 2. The molecule has 1 fully saturated rings. The van der Waals surface area contributed by atoms with Gasteiger partial charge in [-0.15, -0.1) is 0 Å². The molecular weight excluding hydrogens is 242 g/mol. The van der Waals surface area contributed by atoms with Crippen molar-refractivity contribution in [1.82, 2.24) is 24.8 Å². The van der Waals surface area contributed by atoms with Gasteiger partial charge in [0.15, 0.2) is 0 Å². The number of H-pyrrole nitrogens is 1. The van der Waals surface area contributed by atoms with E-state index in [1.54, 1.807) is 6.20 Å². The van der Waals surface area contributed by atoms with Crippen molar-refractivity contribution in [3.63, 3.8) is 0 Å². The van der Waals surface area contributed by atoms with Gasteiger partial charge in [0, 0.05) is 24.5 Å². The molecule has 96 valence electrons. The minimum Gasteiger partial charge on any atom is -0.354 e. The van der Waals surface area contributed by atoms with Gasteiger partial charge in [0.05, 0.1) is 24.1 Å². The monoisotopic (exact) mass is 255 g/mol. The maximum absolute atomic E-state index is 11.3. The average molecular weight is 255 g/mol. The van der Waals surface area contributed by atoms with E-state index in [4.69, 9.17) is 0 Å². The smallest absolute Gasteiger partial charge is 0.220 e. The predicted octanol–water partition coefficient (Wildman–Crippen LogP) is 1.36. The predicted molar refractivity (Wildman–Crippen MR) is 70.7 cm³/mol. The van der Waals surface area contributed by atoms with E-state index in [0.717, 1.165) is 28.5 Å². The number of carbonyl (C=O) groups is 1. The Kier molecular flexibility index (Phi) is 2.11. The van der Waals surface area contributed by atoms with Crippen molar-refractivity contribution in [1.29, 1.82) is 0 Å². The molecule has 1 amide bonds. The third-order valence-electron chi connectivity index (χ3n) is 3.75. The number of amides is 1. The molecule has 4 heterocycles. The Bertz CT molecular complexity index is 762. The van der Waals surface area contributed by atoms with Gasteiger partial charge in [-0.3, -0.25) is 4.79 Å². The summed E-state index contributed by atoms with van der Waals surface area (Å²) in [6.07, 6.45) is 6.95. The van der Waals surface area contributed by atoms with Crippen LogP contribution in [0.3, 0.4) is 0 Å². The van der Waals surface area contributed by atoms with Crippen molar-refractivity contribution in [3.8, 4) is 0 Å². The van der Waals surface area contributed by atoms with Gasteiger partial charge in [0.1, 0.15) is 11.2 Å². The number of aromatic nitrogens is 4. The van der Waals surface area contributed by atoms with Gasteiger partial charge in [-0.2, -0.15) is 0 Å².